The van der Waals surface area contributed by atoms with Gasteiger partial charge in [0.15, 0.2) is 0 Å². The normalized spacial score (nSPS) is 30.2. The molecule has 0 aromatic rings. The number of carbonyl (C=O) groups is 4. The van der Waals surface area contributed by atoms with E-state index >= 15 is 0 Å². The van der Waals surface area contributed by atoms with Crippen molar-refractivity contribution in [3.63, 3.8) is 0 Å². The zero-order valence-corrected chi connectivity index (χ0v) is 14.3. The van der Waals surface area contributed by atoms with Crippen molar-refractivity contribution >= 4 is 23.7 Å². The summed E-state index contributed by atoms with van der Waals surface area (Å²) in [5.41, 5.74) is 4.91. The molecule has 13 nitrogen and oxygen atoms in total. The Labute approximate surface area is 152 Å². The average Bonchev–Trinajstić information content (AvgIpc) is 2.54. The van der Waals surface area contributed by atoms with Crippen molar-refractivity contribution < 1.29 is 54.6 Å². The van der Waals surface area contributed by atoms with E-state index in [9.17, 15) is 39.6 Å². The Morgan fingerprint density at radius 1 is 1.30 bits per heavy atom. The van der Waals surface area contributed by atoms with E-state index in [0.717, 1.165) is 6.92 Å². The Kier molecular flexibility index (Phi) is 7.36. The molecule has 1 aliphatic heterocycles. The molecule has 1 fully saturated rings. The van der Waals surface area contributed by atoms with Crippen LogP contribution in [0.2, 0.25) is 0 Å². The van der Waals surface area contributed by atoms with E-state index in [1.165, 1.54) is 0 Å². The highest BCUT2D eigenvalue weighted by atomic mass is 16.7. The maximum atomic E-state index is 12.2. The molecule has 0 radical (unpaired) electrons. The minimum Gasteiger partial charge on any atom is -0.477 e. The van der Waals surface area contributed by atoms with Crippen LogP contribution in [-0.4, -0.2) is 102 Å². The van der Waals surface area contributed by atoms with Crippen LogP contribution in [0.4, 0.5) is 0 Å². The number of hydrogen-bond acceptors (Lipinski definition) is 10. The first-order valence-corrected chi connectivity index (χ1v) is 7.75. The number of ether oxygens (including phenoxy) is 1. The highest BCUT2D eigenvalue weighted by Gasteiger charge is 2.56. The topological polar surface area (TPSA) is 228 Å². The summed E-state index contributed by atoms with van der Waals surface area (Å²) in [6, 6.07) is -1.79. The molecule has 0 saturated carbocycles. The molecular weight excluding hydrogens is 372 g/mol. The Morgan fingerprint density at radius 3 is 2.26 bits per heavy atom. The van der Waals surface area contributed by atoms with Crippen molar-refractivity contribution in [1.82, 2.24) is 4.90 Å². The number of aliphatic carboxylic acids is 1. The number of nitrogens with zero attached hydrogens (tertiary/aromatic N) is 1. The predicted molar refractivity (Wildman–Crippen MR) is 82.3 cm³/mol. The number of carbonyl (C=O) groups excluding carboxylic acids is 3. The van der Waals surface area contributed by atoms with E-state index in [1.54, 1.807) is 0 Å². The number of hydrogen-bond donors (Lipinski definition) is 7. The van der Waals surface area contributed by atoms with Crippen molar-refractivity contribution in [3.05, 3.63) is 0 Å². The van der Waals surface area contributed by atoms with Gasteiger partial charge in [-0.15, -0.1) is 0 Å². The fourth-order valence-corrected chi connectivity index (χ4v) is 2.81. The number of aliphatic hydroxyl groups excluding tert-OH is 4. The Bertz CT molecular complexity index is 612. The minimum atomic E-state index is -3.01. The number of rotatable bonds is 7. The fourth-order valence-electron chi connectivity index (χ4n) is 2.81. The van der Waals surface area contributed by atoms with Crippen LogP contribution in [0.5, 0.6) is 0 Å². The van der Waals surface area contributed by atoms with E-state index in [1.807, 2.05) is 0 Å². The van der Waals surface area contributed by atoms with Crippen LogP contribution >= 0.6 is 0 Å². The van der Waals surface area contributed by atoms with Crippen molar-refractivity contribution in [2.45, 2.75) is 56.0 Å². The molecule has 0 bridgehead atoms. The molecule has 1 unspecified atom stereocenters. The molecule has 6 atom stereocenters. The third kappa shape index (κ3) is 4.97. The van der Waals surface area contributed by atoms with Gasteiger partial charge in [0.05, 0.1) is 18.8 Å². The second kappa shape index (κ2) is 8.69. The zero-order chi connectivity index (χ0) is 21.1. The highest BCUT2D eigenvalue weighted by Crippen LogP contribution is 2.33. The first-order valence-electron chi connectivity index (χ1n) is 7.75. The molecule has 1 aliphatic rings. The van der Waals surface area contributed by atoms with Crippen LogP contribution in [0.25, 0.3) is 0 Å². The highest BCUT2D eigenvalue weighted by molar-refractivity contribution is 6.03. The van der Waals surface area contributed by atoms with Crippen LogP contribution in [0.15, 0.2) is 0 Å². The Morgan fingerprint density at radius 2 is 1.85 bits per heavy atom. The van der Waals surface area contributed by atoms with Gasteiger partial charge >= 0.3 is 5.97 Å². The van der Waals surface area contributed by atoms with Gasteiger partial charge in [0, 0.05) is 13.3 Å². The number of aliphatic hydroxyl groups is 5. The van der Waals surface area contributed by atoms with Gasteiger partial charge in [0.1, 0.15) is 24.7 Å². The number of amides is 3. The van der Waals surface area contributed by atoms with Crippen LogP contribution in [0, 0.1) is 0 Å². The van der Waals surface area contributed by atoms with E-state index in [-0.39, 0.29) is 0 Å². The van der Waals surface area contributed by atoms with Crippen molar-refractivity contribution in [1.29, 1.82) is 0 Å². The number of imide groups is 1. The number of nitrogens with two attached hydrogens (primary N) is 1. The lowest BCUT2D eigenvalue weighted by Gasteiger charge is -2.47. The van der Waals surface area contributed by atoms with Crippen molar-refractivity contribution in [2.75, 3.05) is 6.61 Å². The van der Waals surface area contributed by atoms with Gasteiger partial charge in [-0.25, -0.2) is 4.79 Å². The molecule has 8 N–H and O–H groups in total. The van der Waals surface area contributed by atoms with E-state index in [4.69, 9.17) is 20.7 Å². The predicted octanol–water partition coefficient (Wildman–Crippen LogP) is -4.76. The molecule has 1 rings (SSSR count). The largest absolute Gasteiger partial charge is 0.477 e. The number of carboxylic acids is 1. The quantitative estimate of drug-likeness (QED) is 0.203. The Balaban J connectivity index is 3.40. The van der Waals surface area contributed by atoms with Gasteiger partial charge in [-0.1, -0.05) is 0 Å². The maximum absolute atomic E-state index is 12.2. The number of primary amides is 1. The molecule has 0 spiro atoms. The van der Waals surface area contributed by atoms with Gasteiger partial charge in [-0.3, -0.25) is 19.3 Å². The molecule has 0 aliphatic carbocycles. The van der Waals surface area contributed by atoms with E-state index in [2.05, 4.69) is 0 Å². The minimum absolute atomic E-state index is 0.328. The molecular formula is C14H22N2O11. The van der Waals surface area contributed by atoms with Crippen molar-refractivity contribution in [2.24, 2.45) is 5.73 Å². The maximum Gasteiger partial charge on any atom is 0.364 e. The third-order valence-electron chi connectivity index (χ3n) is 4.03. The summed E-state index contributed by atoms with van der Waals surface area (Å²) < 4.78 is 4.90. The van der Waals surface area contributed by atoms with E-state index in [0.29, 0.717) is 4.90 Å². The van der Waals surface area contributed by atoms with Gasteiger partial charge in [0.25, 0.3) is 5.79 Å². The molecule has 154 valence electrons. The smallest absolute Gasteiger partial charge is 0.364 e. The first kappa shape index (κ1) is 22.9. The molecule has 27 heavy (non-hydrogen) atoms. The average molecular weight is 394 g/mol. The number of carboxylic acid groups (broad SMARTS) is 1. The summed E-state index contributed by atoms with van der Waals surface area (Å²) in [6.45, 7) is -0.139. The zero-order valence-electron chi connectivity index (χ0n) is 14.3. The summed E-state index contributed by atoms with van der Waals surface area (Å²) in [5, 5.41) is 58.2. The molecule has 0 aromatic heterocycles. The SMILES string of the molecule is CC(=O)N(C(=O)CC(N)=O)[C@@H]1[C@@H](O)C[C@](O)(C(=O)O)O[C@H]1C(O)[C@H](O)CO. The summed E-state index contributed by atoms with van der Waals surface area (Å²) in [7, 11) is 0. The van der Waals surface area contributed by atoms with Gasteiger partial charge in [0.2, 0.25) is 17.7 Å². The van der Waals surface area contributed by atoms with Crippen LogP contribution in [0.1, 0.15) is 19.8 Å². The van der Waals surface area contributed by atoms with E-state index < -0.39 is 79.4 Å². The second-order valence-electron chi connectivity index (χ2n) is 6.10. The lowest BCUT2D eigenvalue weighted by Crippen LogP contribution is -2.68. The van der Waals surface area contributed by atoms with Crippen LogP contribution < -0.4 is 5.73 Å². The summed E-state index contributed by atoms with van der Waals surface area (Å²) in [6.07, 6.45) is -9.94. The fraction of sp³-hybridized carbons (Fsp3) is 0.714. The molecule has 13 heteroatoms. The Hall–Kier alpha value is -2.16. The second-order valence-corrected chi connectivity index (χ2v) is 6.10. The lowest BCUT2D eigenvalue weighted by atomic mass is 9.87. The lowest BCUT2D eigenvalue weighted by molar-refractivity contribution is -0.302. The molecule has 0 aromatic carbocycles. The van der Waals surface area contributed by atoms with Gasteiger partial charge < -0.3 is 41.1 Å². The molecule has 1 saturated heterocycles. The van der Waals surface area contributed by atoms with Crippen molar-refractivity contribution in [3.8, 4) is 0 Å². The summed E-state index contributed by atoms with van der Waals surface area (Å²) in [5.74, 6) is -8.24. The van der Waals surface area contributed by atoms with Gasteiger partial charge in [-0.2, -0.15) is 0 Å². The summed E-state index contributed by atoms with van der Waals surface area (Å²) >= 11 is 0. The molecule has 3 amide bonds. The monoisotopic (exact) mass is 394 g/mol. The standard InChI is InChI=1S/C14H22N2O11/c1-5(18)16(9(22)2-8(15)21)10-6(19)3-14(26,13(24)25)27-12(10)11(23)7(20)4-17/h6-7,10-12,17,19-20,23,26H,2-4H2,1H3,(H2,15,21)(H,24,25)/t6-,7+,10+,11?,12+,14+/m0/s1. The third-order valence-corrected chi connectivity index (χ3v) is 4.03. The van der Waals surface area contributed by atoms with Gasteiger partial charge in [-0.05, 0) is 0 Å². The molecule has 1 heterocycles. The van der Waals surface area contributed by atoms with Crippen LogP contribution in [-0.2, 0) is 23.9 Å². The first-order chi connectivity index (χ1) is 12.4. The van der Waals surface area contributed by atoms with Crippen LogP contribution in [0.3, 0.4) is 0 Å². The summed E-state index contributed by atoms with van der Waals surface area (Å²) in [4.78, 5) is 46.7.